The number of fused-ring (bicyclic) bond motifs is 1. The maximum Gasteiger partial charge on any atom is 0.310 e. The van der Waals surface area contributed by atoms with E-state index in [2.05, 4.69) is 64.1 Å². The first kappa shape index (κ1) is 17.8. The molecule has 1 unspecified atom stereocenters. The smallest absolute Gasteiger partial charge is 0.310 e. The molecule has 1 aliphatic rings. The minimum Gasteiger partial charge on any atom is -0.466 e. The second-order valence-electron chi connectivity index (χ2n) is 7.19. The highest BCUT2D eigenvalue weighted by Crippen LogP contribution is 2.27. The van der Waals surface area contributed by atoms with Gasteiger partial charge in [-0.1, -0.05) is 36.4 Å². The Morgan fingerprint density at radius 3 is 2.70 bits per heavy atom. The summed E-state index contributed by atoms with van der Waals surface area (Å²) < 4.78 is 7.59. The lowest BCUT2D eigenvalue weighted by Crippen LogP contribution is -2.39. The summed E-state index contributed by atoms with van der Waals surface area (Å²) in [6.07, 6.45) is 1.96. The lowest BCUT2D eigenvalue weighted by Gasteiger charge is -2.31. The van der Waals surface area contributed by atoms with Crippen LogP contribution < -0.4 is 0 Å². The monoisotopic (exact) mass is 362 g/mol. The zero-order valence-corrected chi connectivity index (χ0v) is 15.8. The van der Waals surface area contributed by atoms with Gasteiger partial charge in [0, 0.05) is 29.9 Å². The predicted octanol–water partition coefficient (Wildman–Crippen LogP) is 4.41. The Kier molecular flexibility index (Phi) is 5.26. The summed E-state index contributed by atoms with van der Waals surface area (Å²) in [6, 6.07) is 21.3. The van der Waals surface area contributed by atoms with Crippen LogP contribution in [0.5, 0.6) is 0 Å². The van der Waals surface area contributed by atoms with Crippen molar-refractivity contribution in [1.82, 2.24) is 9.47 Å². The fraction of sp³-hybridized carbons (Fsp3) is 0.348. The number of esters is 1. The number of nitrogens with zero attached hydrogens (tertiary/aromatic N) is 2. The SMILES string of the molecule is CCOC(=O)C1CCCN(Cc2cc3ccccc3n2-c2ccccc2)C1. The fourth-order valence-electron chi connectivity index (χ4n) is 4.09. The van der Waals surface area contributed by atoms with Crippen molar-refractivity contribution in [3.05, 3.63) is 66.4 Å². The molecule has 4 nitrogen and oxygen atoms in total. The minimum absolute atomic E-state index is 0.00625. The Morgan fingerprint density at radius 1 is 1.11 bits per heavy atom. The molecule has 1 atom stereocenters. The van der Waals surface area contributed by atoms with E-state index in [1.807, 2.05) is 13.0 Å². The second-order valence-corrected chi connectivity index (χ2v) is 7.19. The molecule has 2 aromatic carbocycles. The highest BCUT2D eigenvalue weighted by atomic mass is 16.5. The molecule has 0 N–H and O–H groups in total. The van der Waals surface area contributed by atoms with Gasteiger partial charge in [-0.25, -0.2) is 0 Å². The molecule has 1 fully saturated rings. The van der Waals surface area contributed by atoms with Crippen LogP contribution in [0.15, 0.2) is 60.7 Å². The molecule has 1 aromatic heterocycles. The third-order valence-corrected chi connectivity index (χ3v) is 5.31. The van der Waals surface area contributed by atoms with E-state index >= 15 is 0 Å². The average molecular weight is 362 g/mol. The molecule has 4 rings (SSSR count). The van der Waals surface area contributed by atoms with E-state index in [4.69, 9.17) is 4.74 Å². The zero-order valence-electron chi connectivity index (χ0n) is 15.8. The molecule has 0 aliphatic carbocycles. The van der Waals surface area contributed by atoms with Crippen molar-refractivity contribution in [2.24, 2.45) is 5.92 Å². The number of rotatable bonds is 5. The molecule has 2 heterocycles. The van der Waals surface area contributed by atoms with Crippen LogP contribution in [-0.2, 0) is 16.1 Å². The second kappa shape index (κ2) is 7.97. The van der Waals surface area contributed by atoms with Crippen molar-refractivity contribution >= 4 is 16.9 Å². The molecular formula is C23H26N2O2. The van der Waals surface area contributed by atoms with Crippen molar-refractivity contribution in [2.75, 3.05) is 19.7 Å². The Labute approximate surface area is 160 Å². The quantitative estimate of drug-likeness (QED) is 0.631. The van der Waals surface area contributed by atoms with Gasteiger partial charge in [-0.15, -0.1) is 0 Å². The molecule has 1 aliphatic heterocycles. The van der Waals surface area contributed by atoms with Crippen LogP contribution in [0.25, 0.3) is 16.6 Å². The summed E-state index contributed by atoms with van der Waals surface area (Å²) in [4.78, 5) is 14.6. The van der Waals surface area contributed by atoms with Gasteiger partial charge in [0.1, 0.15) is 0 Å². The number of piperidine rings is 1. The molecule has 0 spiro atoms. The van der Waals surface area contributed by atoms with Gasteiger partial charge >= 0.3 is 5.97 Å². The van der Waals surface area contributed by atoms with Crippen LogP contribution in [-0.4, -0.2) is 35.1 Å². The van der Waals surface area contributed by atoms with Crippen molar-refractivity contribution in [2.45, 2.75) is 26.3 Å². The molecular weight excluding hydrogens is 336 g/mol. The standard InChI is InChI=1S/C23H26N2O2/c1-2-27-23(26)19-10-8-14-24(16-19)17-21-15-18-9-6-7-13-22(18)25(21)20-11-4-3-5-12-20/h3-7,9,11-13,15,19H,2,8,10,14,16-17H2,1H3. The van der Waals surface area contributed by atoms with E-state index in [0.717, 1.165) is 32.5 Å². The normalized spacial score (nSPS) is 17.9. The molecule has 0 bridgehead atoms. The topological polar surface area (TPSA) is 34.5 Å². The summed E-state index contributed by atoms with van der Waals surface area (Å²) in [6.45, 7) is 4.95. The number of carbonyl (C=O) groups excluding carboxylic acids is 1. The number of hydrogen-bond donors (Lipinski definition) is 0. The van der Waals surface area contributed by atoms with Gasteiger partial charge in [-0.05, 0) is 50.6 Å². The lowest BCUT2D eigenvalue weighted by molar-refractivity contribution is -0.150. The first-order valence-corrected chi connectivity index (χ1v) is 9.80. The van der Waals surface area contributed by atoms with E-state index in [1.165, 1.54) is 22.3 Å². The van der Waals surface area contributed by atoms with Crippen LogP contribution >= 0.6 is 0 Å². The molecule has 0 saturated carbocycles. The highest BCUT2D eigenvalue weighted by molar-refractivity contribution is 5.83. The van der Waals surface area contributed by atoms with Crippen LogP contribution in [0.1, 0.15) is 25.5 Å². The van der Waals surface area contributed by atoms with Crippen LogP contribution in [0, 0.1) is 5.92 Å². The Morgan fingerprint density at radius 2 is 1.89 bits per heavy atom. The van der Waals surface area contributed by atoms with Gasteiger partial charge < -0.3 is 9.30 Å². The Hall–Kier alpha value is -2.59. The molecule has 0 amide bonds. The Balaban J connectivity index is 1.63. The van der Waals surface area contributed by atoms with Gasteiger partial charge in [0.25, 0.3) is 0 Å². The van der Waals surface area contributed by atoms with E-state index in [1.54, 1.807) is 0 Å². The fourth-order valence-corrected chi connectivity index (χ4v) is 4.09. The summed E-state index contributed by atoms with van der Waals surface area (Å²) >= 11 is 0. The molecule has 3 aromatic rings. The summed E-state index contributed by atoms with van der Waals surface area (Å²) in [5, 5.41) is 1.25. The number of aromatic nitrogens is 1. The summed E-state index contributed by atoms with van der Waals surface area (Å²) in [7, 11) is 0. The summed E-state index contributed by atoms with van der Waals surface area (Å²) in [5.41, 5.74) is 3.65. The maximum absolute atomic E-state index is 12.2. The Bertz CT molecular complexity index is 917. The van der Waals surface area contributed by atoms with Crippen molar-refractivity contribution in [3.63, 3.8) is 0 Å². The first-order valence-electron chi connectivity index (χ1n) is 9.80. The van der Waals surface area contributed by atoms with Crippen molar-refractivity contribution < 1.29 is 9.53 Å². The highest BCUT2D eigenvalue weighted by Gasteiger charge is 2.27. The maximum atomic E-state index is 12.2. The predicted molar refractivity (Wildman–Crippen MR) is 108 cm³/mol. The average Bonchev–Trinajstić information content (AvgIpc) is 3.07. The van der Waals surface area contributed by atoms with Gasteiger partial charge in [-0.2, -0.15) is 0 Å². The number of hydrogen-bond acceptors (Lipinski definition) is 3. The number of carbonyl (C=O) groups is 1. The number of ether oxygens (including phenoxy) is 1. The van der Waals surface area contributed by atoms with Crippen LogP contribution in [0.2, 0.25) is 0 Å². The third-order valence-electron chi connectivity index (χ3n) is 5.31. The number of benzene rings is 2. The van der Waals surface area contributed by atoms with Gasteiger partial charge in [0.2, 0.25) is 0 Å². The summed E-state index contributed by atoms with van der Waals surface area (Å²) in [5.74, 6) is -0.0564. The van der Waals surface area contributed by atoms with E-state index in [9.17, 15) is 4.79 Å². The largest absolute Gasteiger partial charge is 0.466 e. The molecule has 4 heteroatoms. The van der Waals surface area contributed by atoms with E-state index < -0.39 is 0 Å². The van der Waals surface area contributed by atoms with Crippen molar-refractivity contribution in [1.29, 1.82) is 0 Å². The van der Waals surface area contributed by atoms with Crippen LogP contribution in [0.4, 0.5) is 0 Å². The van der Waals surface area contributed by atoms with Gasteiger partial charge in [-0.3, -0.25) is 9.69 Å². The molecule has 27 heavy (non-hydrogen) atoms. The van der Waals surface area contributed by atoms with Gasteiger partial charge in [0.15, 0.2) is 0 Å². The number of likely N-dealkylation sites (tertiary alicyclic amines) is 1. The molecule has 1 saturated heterocycles. The minimum atomic E-state index is -0.0502. The molecule has 140 valence electrons. The van der Waals surface area contributed by atoms with Gasteiger partial charge in [0.05, 0.1) is 18.0 Å². The lowest BCUT2D eigenvalue weighted by atomic mass is 9.98. The zero-order chi connectivity index (χ0) is 18.6. The van der Waals surface area contributed by atoms with E-state index in [-0.39, 0.29) is 11.9 Å². The van der Waals surface area contributed by atoms with Crippen LogP contribution in [0.3, 0.4) is 0 Å². The number of para-hydroxylation sites is 2. The third kappa shape index (κ3) is 3.76. The van der Waals surface area contributed by atoms with Crippen molar-refractivity contribution in [3.8, 4) is 5.69 Å². The molecule has 0 radical (unpaired) electrons. The first-order chi connectivity index (χ1) is 13.3. The van der Waals surface area contributed by atoms with E-state index in [0.29, 0.717) is 6.61 Å².